The Bertz CT molecular complexity index is 261. The normalized spacial score (nSPS) is 43.0. The summed E-state index contributed by atoms with van der Waals surface area (Å²) in [6, 6.07) is 0. The summed E-state index contributed by atoms with van der Waals surface area (Å²) in [5.74, 6) is -2.17. The molecule has 0 saturated carbocycles. The monoisotopic (exact) mass is 186 g/mol. The van der Waals surface area contributed by atoms with Crippen molar-refractivity contribution in [3.05, 3.63) is 0 Å². The number of aliphatic carboxylic acids is 1. The van der Waals surface area contributed by atoms with E-state index in [2.05, 4.69) is 0 Å². The van der Waals surface area contributed by atoms with Gasteiger partial charge < -0.3 is 14.6 Å². The zero-order chi connectivity index (χ0) is 9.59. The summed E-state index contributed by atoms with van der Waals surface area (Å²) in [5.41, 5.74) is 0. The average molecular weight is 186 g/mol. The number of hydrogen-bond donors (Lipinski definition) is 1. The van der Waals surface area contributed by atoms with Crippen molar-refractivity contribution in [1.29, 1.82) is 0 Å². The topological polar surface area (TPSA) is 76.1 Å². The molecule has 5 heteroatoms. The predicted molar refractivity (Wildman–Crippen MR) is 40.0 cm³/mol. The van der Waals surface area contributed by atoms with Gasteiger partial charge in [0.15, 0.2) is 0 Å². The number of hydrogen-bond acceptors (Lipinski definition) is 4. The van der Waals surface area contributed by atoms with Crippen LogP contribution in [0.4, 0.5) is 0 Å². The number of esters is 1. The molecular weight excluding hydrogens is 176 g/mol. The van der Waals surface area contributed by atoms with E-state index in [1.54, 1.807) is 0 Å². The van der Waals surface area contributed by atoms with Crippen LogP contribution in [-0.4, -0.2) is 35.4 Å². The Kier molecular flexibility index (Phi) is 1.76. The second-order valence-electron chi connectivity index (χ2n) is 3.41. The number of carbonyl (C=O) groups is 2. The molecule has 2 aliphatic rings. The molecule has 0 aliphatic carbocycles. The first-order valence-electron chi connectivity index (χ1n) is 4.17. The van der Waals surface area contributed by atoms with Crippen LogP contribution in [0.15, 0.2) is 0 Å². The maximum absolute atomic E-state index is 10.9. The van der Waals surface area contributed by atoms with Crippen molar-refractivity contribution >= 4 is 11.9 Å². The molecule has 0 spiro atoms. The van der Waals surface area contributed by atoms with E-state index in [0.717, 1.165) is 0 Å². The van der Waals surface area contributed by atoms with Crippen LogP contribution in [0.3, 0.4) is 0 Å². The lowest BCUT2D eigenvalue weighted by Crippen LogP contribution is -2.29. The van der Waals surface area contributed by atoms with Crippen molar-refractivity contribution in [1.82, 2.24) is 0 Å². The predicted octanol–water partition coefficient (Wildman–Crippen LogP) is -0.210. The maximum atomic E-state index is 10.9. The van der Waals surface area contributed by atoms with E-state index in [-0.39, 0.29) is 18.6 Å². The van der Waals surface area contributed by atoms with Crippen molar-refractivity contribution in [3.63, 3.8) is 0 Å². The van der Waals surface area contributed by atoms with Gasteiger partial charge >= 0.3 is 11.9 Å². The van der Waals surface area contributed by atoms with Crippen LogP contribution >= 0.6 is 0 Å². The summed E-state index contributed by atoms with van der Waals surface area (Å²) >= 11 is 0. The molecular formula is C8H10O5. The minimum Gasteiger partial charge on any atom is -0.481 e. The molecule has 5 nitrogen and oxygen atoms in total. The van der Waals surface area contributed by atoms with Crippen LogP contribution in [0.1, 0.15) is 13.3 Å². The van der Waals surface area contributed by atoms with E-state index in [9.17, 15) is 9.59 Å². The number of carbonyl (C=O) groups excluding carboxylic acids is 1. The molecule has 0 bridgehead atoms. The zero-order valence-corrected chi connectivity index (χ0v) is 7.10. The average Bonchev–Trinajstić information content (AvgIpc) is 2.60. The molecule has 0 aromatic carbocycles. The Morgan fingerprint density at radius 1 is 1.54 bits per heavy atom. The van der Waals surface area contributed by atoms with Crippen molar-refractivity contribution in [2.75, 3.05) is 0 Å². The van der Waals surface area contributed by atoms with Gasteiger partial charge in [-0.2, -0.15) is 0 Å². The summed E-state index contributed by atoms with van der Waals surface area (Å²) in [6.45, 7) is 1.83. The summed E-state index contributed by atoms with van der Waals surface area (Å²) in [4.78, 5) is 21.6. The molecule has 2 aliphatic heterocycles. The van der Waals surface area contributed by atoms with E-state index in [0.29, 0.717) is 0 Å². The minimum atomic E-state index is -0.987. The van der Waals surface area contributed by atoms with Gasteiger partial charge in [0.25, 0.3) is 0 Å². The quantitative estimate of drug-likeness (QED) is 0.477. The number of epoxide rings is 1. The molecule has 0 amide bonds. The first kappa shape index (κ1) is 8.50. The van der Waals surface area contributed by atoms with Gasteiger partial charge in [0.1, 0.15) is 18.1 Å². The largest absolute Gasteiger partial charge is 0.481 e. The Morgan fingerprint density at radius 2 is 2.15 bits per heavy atom. The van der Waals surface area contributed by atoms with Crippen LogP contribution in [0.25, 0.3) is 0 Å². The summed E-state index contributed by atoms with van der Waals surface area (Å²) in [7, 11) is 0. The van der Waals surface area contributed by atoms with Crippen LogP contribution in [-0.2, 0) is 19.1 Å². The fourth-order valence-electron chi connectivity index (χ4n) is 1.65. The number of carboxylic acid groups (broad SMARTS) is 1. The highest BCUT2D eigenvalue weighted by Gasteiger charge is 2.53. The van der Waals surface area contributed by atoms with Gasteiger partial charge in [0.2, 0.25) is 0 Å². The highest BCUT2D eigenvalue weighted by molar-refractivity contribution is 5.82. The Hall–Kier alpha value is -1.10. The molecule has 2 heterocycles. The van der Waals surface area contributed by atoms with E-state index < -0.39 is 24.0 Å². The van der Waals surface area contributed by atoms with Gasteiger partial charge in [-0.1, -0.05) is 0 Å². The number of rotatable bonds is 2. The van der Waals surface area contributed by atoms with Gasteiger partial charge in [-0.05, 0) is 6.92 Å². The third-order valence-electron chi connectivity index (χ3n) is 2.45. The second kappa shape index (κ2) is 2.70. The van der Waals surface area contributed by atoms with Crippen molar-refractivity contribution in [2.45, 2.75) is 31.7 Å². The molecule has 4 atom stereocenters. The molecule has 1 N–H and O–H groups in total. The number of ether oxygens (including phenoxy) is 2. The van der Waals surface area contributed by atoms with Crippen LogP contribution < -0.4 is 0 Å². The highest BCUT2D eigenvalue weighted by atomic mass is 16.6. The van der Waals surface area contributed by atoms with E-state index >= 15 is 0 Å². The smallest absolute Gasteiger partial charge is 0.310 e. The number of carboxylic acids is 1. The van der Waals surface area contributed by atoms with Crippen LogP contribution in [0, 0.1) is 5.92 Å². The Morgan fingerprint density at radius 3 is 2.62 bits per heavy atom. The van der Waals surface area contributed by atoms with Gasteiger partial charge in [0, 0.05) is 0 Å². The van der Waals surface area contributed by atoms with Gasteiger partial charge in [-0.15, -0.1) is 0 Å². The van der Waals surface area contributed by atoms with E-state index in [1.807, 2.05) is 6.92 Å². The SMILES string of the molecule is CC1OC1C1OC(=O)CC1C(=O)O. The highest BCUT2D eigenvalue weighted by Crippen LogP contribution is 2.36. The minimum absolute atomic E-state index is 0.0118. The molecule has 0 aromatic rings. The van der Waals surface area contributed by atoms with Gasteiger partial charge in [0.05, 0.1) is 12.5 Å². The summed E-state index contributed by atoms with van der Waals surface area (Å²) < 4.78 is 9.97. The van der Waals surface area contributed by atoms with Crippen LogP contribution in [0.5, 0.6) is 0 Å². The molecule has 4 unspecified atom stereocenters. The Balaban J connectivity index is 2.08. The molecule has 2 saturated heterocycles. The molecule has 0 aromatic heterocycles. The lowest BCUT2D eigenvalue weighted by Gasteiger charge is -2.10. The van der Waals surface area contributed by atoms with Gasteiger partial charge in [-0.25, -0.2) is 0 Å². The molecule has 0 radical (unpaired) electrons. The Labute approximate surface area is 74.6 Å². The van der Waals surface area contributed by atoms with Crippen molar-refractivity contribution in [3.8, 4) is 0 Å². The standard InChI is InChI=1S/C8H10O5/c1-3-6(12-3)7-4(8(10)11)2-5(9)13-7/h3-4,6-7H,2H2,1H3,(H,10,11). The lowest BCUT2D eigenvalue weighted by molar-refractivity contribution is -0.145. The molecule has 13 heavy (non-hydrogen) atoms. The van der Waals surface area contributed by atoms with Gasteiger partial charge in [-0.3, -0.25) is 9.59 Å². The molecule has 72 valence electrons. The summed E-state index contributed by atoms with van der Waals surface area (Å²) in [5, 5.41) is 8.78. The third-order valence-corrected chi connectivity index (χ3v) is 2.45. The summed E-state index contributed by atoms with van der Waals surface area (Å²) in [6.07, 6.45) is -0.822. The second-order valence-corrected chi connectivity index (χ2v) is 3.41. The molecule has 2 fully saturated rings. The van der Waals surface area contributed by atoms with Crippen molar-refractivity contribution in [2.24, 2.45) is 5.92 Å². The third kappa shape index (κ3) is 1.39. The van der Waals surface area contributed by atoms with E-state index in [4.69, 9.17) is 14.6 Å². The first-order chi connectivity index (χ1) is 6.09. The fourth-order valence-corrected chi connectivity index (χ4v) is 1.65. The fraction of sp³-hybridized carbons (Fsp3) is 0.750. The molecule has 2 rings (SSSR count). The van der Waals surface area contributed by atoms with Crippen molar-refractivity contribution < 1.29 is 24.2 Å². The maximum Gasteiger partial charge on any atom is 0.310 e. The lowest BCUT2D eigenvalue weighted by atomic mass is 9.98. The van der Waals surface area contributed by atoms with Crippen LogP contribution in [0.2, 0.25) is 0 Å². The van der Waals surface area contributed by atoms with E-state index in [1.165, 1.54) is 0 Å². The number of cyclic esters (lactones) is 1. The first-order valence-corrected chi connectivity index (χ1v) is 4.17. The zero-order valence-electron chi connectivity index (χ0n) is 7.10.